The summed E-state index contributed by atoms with van der Waals surface area (Å²) in [5.74, 6) is 0.515. The molecule has 1 saturated carbocycles. The van der Waals surface area contributed by atoms with E-state index in [1.807, 2.05) is 60.7 Å². The molecule has 2 atom stereocenters. The maximum Gasteiger partial charge on any atom is 0.422 e. The lowest BCUT2D eigenvalue weighted by molar-refractivity contribution is 0.0306. The fraction of sp³-hybridized carbons (Fsp3) is 0.423. The van der Waals surface area contributed by atoms with Crippen LogP contribution in [-0.4, -0.2) is 10.7 Å². The third-order valence-electron chi connectivity index (χ3n) is 6.80. The SMILES string of the molecule is CC(C)C1(C)CCCC(Oc2cn(C(c3ccccc3)c3ccccc3)c(=O)o2)C1. The molecule has 30 heavy (non-hydrogen) atoms. The first kappa shape index (κ1) is 20.5. The van der Waals surface area contributed by atoms with Crippen molar-refractivity contribution in [2.45, 2.75) is 58.6 Å². The first-order valence-corrected chi connectivity index (χ1v) is 10.9. The van der Waals surface area contributed by atoms with Crippen LogP contribution < -0.4 is 10.5 Å². The summed E-state index contributed by atoms with van der Waals surface area (Å²) in [6.45, 7) is 6.90. The van der Waals surface area contributed by atoms with Gasteiger partial charge in [0.05, 0.1) is 12.2 Å². The van der Waals surface area contributed by atoms with Gasteiger partial charge in [0.15, 0.2) is 0 Å². The van der Waals surface area contributed by atoms with Gasteiger partial charge in [-0.1, -0.05) is 81.4 Å². The van der Waals surface area contributed by atoms with E-state index < -0.39 is 5.76 Å². The summed E-state index contributed by atoms with van der Waals surface area (Å²) in [5.41, 5.74) is 2.33. The molecule has 158 valence electrons. The molecule has 4 heteroatoms. The van der Waals surface area contributed by atoms with E-state index in [-0.39, 0.29) is 17.6 Å². The number of nitrogens with zero attached hydrogens (tertiary/aromatic N) is 1. The average Bonchev–Trinajstić information content (AvgIpc) is 3.09. The largest absolute Gasteiger partial charge is 0.461 e. The molecule has 2 aromatic carbocycles. The van der Waals surface area contributed by atoms with Crippen molar-refractivity contribution in [1.29, 1.82) is 0 Å². The Balaban J connectivity index is 1.63. The molecular formula is C26H31NO3. The highest BCUT2D eigenvalue weighted by Gasteiger charge is 2.36. The molecule has 1 heterocycles. The predicted octanol–water partition coefficient (Wildman–Crippen LogP) is 6.06. The van der Waals surface area contributed by atoms with Gasteiger partial charge < -0.3 is 9.15 Å². The lowest BCUT2D eigenvalue weighted by Crippen LogP contribution is -2.35. The molecule has 1 aromatic heterocycles. The number of aromatic nitrogens is 1. The monoisotopic (exact) mass is 405 g/mol. The van der Waals surface area contributed by atoms with Crippen LogP contribution in [0.2, 0.25) is 0 Å². The highest BCUT2D eigenvalue weighted by atomic mass is 16.6. The van der Waals surface area contributed by atoms with Gasteiger partial charge in [-0.3, -0.25) is 4.57 Å². The fourth-order valence-corrected chi connectivity index (χ4v) is 4.60. The van der Waals surface area contributed by atoms with Crippen molar-refractivity contribution in [2.75, 3.05) is 0 Å². The molecule has 0 bridgehead atoms. The predicted molar refractivity (Wildman–Crippen MR) is 119 cm³/mol. The van der Waals surface area contributed by atoms with Crippen molar-refractivity contribution in [2.24, 2.45) is 11.3 Å². The zero-order valence-electron chi connectivity index (χ0n) is 18.1. The molecule has 2 unspecified atom stereocenters. The molecule has 4 nitrogen and oxygen atoms in total. The first-order valence-electron chi connectivity index (χ1n) is 10.9. The number of hydrogen-bond donors (Lipinski definition) is 0. The Morgan fingerprint density at radius 1 is 1.03 bits per heavy atom. The van der Waals surface area contributed by atoms with Gasteiger partial charge in [0.25, 0.3) is 0 Å². The van der Waals surface area contributed by atoms with E-state index in [2.05, 4.69) is 20.8 Å². The van der Waals surface area contributed by atoms with Crippen molar-refractivity contribution in [3.05, 3.63) is 88.5 Å². The number of hydrogen-bond acceptors (Lipinski definition) is 3. The molecule has 0 saturated heterocycles. The highest BCUT2D eigenvalue weighted by Crippen LogP contribution is 2.43. The summed E-state index contributed by atoms with van der Waals surface area (Å²) < 4.78 is 13.4. The highest BCUT2D eigenvalue weighted by molar-refractivity contribution is 5.33. The zero-order chi connectivity index (χ0) is 21.1. The molecule has 0 spiro atoms. The van der Waals surface area contributed by atoms with E-state index in [0.29, 0.717) is 11.9 Å². The molecular weight excluding hydrogens is 374 g/mol. The van der Waals surface area contributed by atoms with Crippen molar-refractivity contribution in [3.63, 3.8) is 0 Å². The van der Waals surface area contributed by atoms with Gasteiger partial charge in [-0.15, -0.1) is 0 Å². The van der Waals surface area contributed by atoms with Crippen LogP contribution in [0.1, 0.15) is 63.6 Å². The van der Waals surface area contributed by atoms with Crippen molar-refractivity contribution in [1.82, 2.24) is 4.57 Å². The summed E-state index contributed by atoms with van der Waals surface area (Å²) in [4.78, 5) is 12.8. The molecule has 1 aliphatic rings. The number of oxazole rings is 1. The first-order chi connectivity index (χ1) is 14.5. The van der Waals surface area contributed by atoms with Gasteiger partial charge in [-0.25, -0.2) is 4.79 Å². The second kappa shape index (κ2) is 8.55. The quantitative estimate of drug-likeness (QED) is 0.500. The van der Waals surface area contributed by atoms with Crippen molar-refractivity contribution in [3.8, 4) is 5.95 Å². The van der Waals surface area contributed by atoms with Gasteiger partial charge >= 0.3 is 11.7 Å². The van der Waals surface area contributed by atoms with Gasteiger partial charge in [-0.05, 0) is 48.1 Å². The normalized spacial score (nSPS) is 21.8. The van der Waals surface area contributed by atoms with Gasteiger partial charge in [0.1, 0.15) is 6.10 Å². The summed E-state index contributed by atoms with van der Waals surface area (Å²) >= 11 is 0. The Bertz CT molecular complexity index is 966. The van der Waals surface area contributed by atoms with E-state index >= 15 is 0 Å². The van der Waals surface area contributed by atoms with Crippen molar-refractivity contribution >= 4 is 0 Å². The van der Waals surface area contributed by atoms with Crippen LogP contribution in [0, 0.1) is 11.3 Å². The van der Waals surface area contributed by atoms with Gasteiger partial charge in [-0.2, -0.15) is 0 Å². The van der Waals surface area contributed by atoms with E-state index in [1.165, 1.54) is 6.42 Å². The van der Waals surface area contributed by atoms with Gasteiger partial charge in [0.2, 0.25) is 0 Å². The molecule has 0 radical (unpaired) electrons. The van der Waals surface area contributed by atoms with Crippen molar-refractivity contribution < 1.29 is 9.15 Å². The minimum absolute atomic E-state index is 0.0806. The lowest BCUT2D eigenvalue weighted by Gasteiger charge is -2.40. The molecule has 4 rings (SSSR count). The third-order valence-corrected chi connectivity index (χ3v) is 6.80. The van der Waals surface area contributed by atoms with Crippen LogP contribution >= 0.6 is 0 Å². The number of benzene rings is 2. The van der Waals surface area contributed by atoms with Crippen LogP contribution in [0.15, 0.2) is 76.1 Å². The number of ether oxygens (including phenoxy) is 1. The lowest BCUT2D eigenvalue weighted by atomic mass is 9.67. The maximum absolute atomic E-state index is 12.8. The summed E-state index contributed by atoms with van der Waals surface area (Å²) in [7, 11) is 0. The Morgan fingerprint density at radius 3 is 2.20 bits per heavy atom. The standard InChI is InChI=1S/C26H31NO3/c1-19(2)26(3)16-10-15-22(17-26)29-23-18-27(25(28)30-23)24(20-11-6-4-7-12-20)21-13-8-5-9-14-21/h4-9,11-14,18-19,22,24H,10,15-17H2,1-3H3. The Hall–Kier alpha value is -2.75. The Labute approximate surface area is 178 Å². The molecule has 0 N–H and O–H groups in total. The molecule has 1 aliphatic carbocycles. The topological polar surface area (TPSA) is 44.4 Å². The molecule has 1 fully saturated rings. The van der Waals surface area contributed by atoms with E-state index in [1.54, 1.807) is 10.8 Å². The minimum Gasteiger partial charge on any atom is -0.461 e. The Kier molecular flexibility index (Phi) is 5.85. The average molecular weight is 406 g/mol. The van der Waals surface area contributed by atoms with E-state index in [9.17, 15) is 4.79 Å². The summed E-state index contributed by atoms with van der Waals surface area (Å²) in [6, 6.07) is 19.8. The fourth-order valence-electron chi connectivity index (χ4n) is 4.60. The second-order valence-electron chi connectivity index (χ2n) is 9.09. The second-order valence-corrected chi connectivity index (χ2v) is 9.09. The van der Waals surface area contributed by atoms with Crippen LogP contribution in [0.3, 0.4) is 0 Å². The van der Waals surface area contributed by atoms with Crippen LogP contribution in [0.5, 0.6) is 5.95 Å². The zero-order valence-corrected chi connectivity index (χ0v) is 18.1. The van der Waals surface area contributed by atoms with Crippen LogP contribution in [0.25, 0.3) is 0 Å². The molecule has 0 aliphatic heterocycles. The number of rotatable bonds is 6. The van der Waals surface area contributed by atoms with Crippen LogP contribution in [-0.2, 0) is 0 Å². The minimum atomic E-state index is -0.398. The third kappa shape index (κ3) is 4.23. The van der Waals surface area contributed by atoms with E-state index in [4.69, 9.17) is 9.15 Å². The smallest absolute Gasteiger partial charge is 0.422 e. The van der Waals surface area contributed by atoms with Gasteiger partial charge in [0, 0.05) is 0 Å². The summed E-state index contributed by atoms with van der Waals surface area (Å²) in [5, 5.41) is 0. The van der Waals surface area contributed by atoms with Crippen LogP contribution in [0.4, 0.5) is 0 Å². The summed E-state index contributed by atoms with van der Waals surface area (Å²) in [6.07, 6.45) is 6.16. The van der Waals surface area contributed by atoms with E-state index in [0.717, 1.165) is 30.4 Å². The molecule has 0 amide bonds. The maximum atomic E-state index is 12.8. The Morgan fingerprint density at radius 2 is 1.63 bits per heavy atom. The molecule has 3 aromatic rings.